The van der Waals surface area contributed by atoms with E-state index in [0.29, 0.717) is 16.6 Å². The van der Waals surface area contributed by atoms with Crippen molar-refractivity contribution >= 4 is 35.0 Å². The van der Waals surface area contributed by atoms with Gasteiger partial charge in [-0.3, -0.25) is 4.68 Å². The molecule has 2 aromatic rings. The molecule has 0 fully saturated rings. The molecule has 0 aliphatic carbocycles. The predicted octanol–water partition coefficient (Wildman–Crippen LogP) is 4.21. The fourth-order valence-electron chi connectivity index (χ4n) is 2.01. The molecule has 2 rings (SSSR count). The standard InChI is InChI=1S/C16H18Cl2N4/c1-4-11(2)16-13(8-20-19-3)10-22(21-16)9-12-5-6-14(17)7-15(12)18/h4-8,10,19H,9H2,1-3H3/b11-4+,20-8+. The van der Waals surface area contributed by atoms with E-state index in [1.807, 2.05) is 42.9 Å². The summed E-state index contributed by atoms with van der Waals surface area (Å²) in [5.41, 5.74) is 6.68. The Bertz CT molecular complexity index is 717. The van der Waals surface area contributed by atoms with Crippen LogP contribution in [0.5, 0.6) is 0 Å². The number of hydrogen-bond donors (Lipinski definition) is 1. The Morgan fingerprint density at radius 2 is 2.18 bits per heavy atom. The molecule has 1 aromatic heterocycles. The Labute approximate surface area is 140 Å². The maximum Gasteiger partial charge on any atom is 0.0965 e. The number of halogens is 2. The summed E-state index contributed by atoms with van der Waals surface area (Å²) in [5.74, 6) is 0. The molecule has 116 valence electrons. The van der Waals surface area contributed by atoms with Crippen LogP contribution in [0.3, 0.4) is 0 Å². The fraction of sp³-hybridized carbons (Fsp3) is 0.250. The van der Waals surface area contributed by atoms with E-state index < -0.39 is 0 Å². The molecule has 0 bridgehead atoms. The maximum atomic E-state index is 6.23. The summed E-state index contributed by atoms with van der Waals surface area (Å²) in [6, 6.07) is 5.48. The largest absolute Gasteiger partial charge is 0.313 e. The van der Waals surface area contributed by atoms with Gasteiger partial charge in [0.1, 0.15) is 0 Å². The van der Waals surface area contributed by atoms with Crippen LogP contribution in [0.15, 0.2) is 35.6 Å². The van der Waals surface area contributed by atoms with Crippen molar-refractivity contribution in [1.82, 2.24) is 15.2 Å². The first kappa shape index (κ1) is 16.6. The van der Waals surface area contributed by atoms with Crippen molar-refractivity contribution in [2.24, 2.45) is 5.10 Å². The summed E-state index contributed by atoms with van der Waals surface area (Å²) in [7, 11) is 1.76. The Morgan fingerprint density at radius 3 is 2.82 bits per heavy atom. The van der Waals surface area contributed by atoms with Crippen LogP contribution in [-0.4, -0.2) is 23.0 Å². The Morgan fingerprint density at radius 1 is 1.41 bits per heavy atom. The topological polar surface area (TPSA) is 42.2 Å². The summed E-state index contributed by atoms with van der Waals surface area (Å²) in [6.45, 7) is 4.59. The lowest BCUT2D eigenvalue weighted by molar-refractivity contribution is 0.684. The summed E-state index contributed by atoms with van der Waals surface area (Å²) < 4.78 is 1.86. The lowest BCUT2D eigenvalue weighted by atomic mass is 10.1. The van der Waals surface area contributed by atoms with Crippen LogP contribution in [0.25, 0.3) is 5.57 Å². The van der Waals surface area contributed by atoms with Gasteiger partial charge in [-0.2, -0.15) is 10.2 Å². The Hall–Kier alpha value is -1.78. The summed E-state index contributed by atoms with van der Waals surface area (Å²) in [5, 5.41) is 9.96. The second-order valence-corrected chi connectivity index (χ2v) is 5.66. The van der Waals surface area contributed by atoms with Crippen LogP contribution in [0, 0.1) is 0 Å². The molecule has 0 spiro atoms. The van der Waals surface area contributed by atoms with Gasteiger partial charge in [0.05, 0.1) is 18.5 Å². The van der Waals surface area contributed by atoms with E-state index in [2.05, 4.69) is 15.6 Å². The maximum absolute atomic E-state index is 6.23. The first-order valence-electron chi connectivity index (χ1n) is 6.89. The molecule has 0 atom stereocenters. The van der Waals surface area contributed by atoms with Crippen LogP contribution in [0.1, 0.15) is 30.7 Å². The monoisotopic (exact) mass is 336 g/mol. The first-order chi connectivity index (χ1) is 10.5. The van der Waals surface area contributed by atoms with Crippen LogP contribution < -0.4 is 5.43 Å². The SMILES string of the molecule is C/C=C(\C)c1nn(Cc2ccc(Cl)cc2Cl)cc1/C=N/NC. The fourth-order valence-corrected chi connectivity index (χ4v) is 2.48. The number of benzene rings is 1. The molecular weight excluding hydrogens is 319 g/mol. The van der Waals surface area contributed by atoms with Crippen LogP contribution in [-0.2, 0) is 6.54 Å². The van der Waals surface area contributed by atoms with Gasteiger partial charge in [0.2, 0.25) is 0 Å². The van der Waals surface area contributed by atoms with E-state index in [1.165, 1.54) is 0 Å². The van der Waals surface area contributed by atoms with Crippen molar-refractivity contribution in [2.45, 2.75) is 20.4 Å². The van der Waals surface area contributed by atoms with Gasteiger partial charge in [-0.15, -0.1) is 0 Å². The zero-order valence-electron chi connectivity index (χ0n) is 12.8. The van der Waals surface area contributed by atoms with Crippen molar-refractivity contribution in [3.63, 3.8) is 0 Å². The molecule has 6 heteroatoms. The minimum atomic E-state index is 0.577. The summed E-state index contributed by atoms with van der Waals surface area (Å²) in [4.78, 5) is 0. The minimum Gasteiger partial charge on any atom is -0.313 e. The average Bonchev–Trinajstić information content (AvgIpc) is 2.90. The van der Waals surface area contributed by atoms with Gasteiger partial charge in [-0.05, 0) is 37.1 Å². The van der Waals surface area contributed by atoms with Crippen molar-refractivity contribution in [1.29, 1.82) is 0 Å². The number of hydrazone groups is 1. The number of nitrogens with zero attached hydrogens (tertiary/aromatic N) is 3. The van der Waals surface area contributed by atoms with E-state index in [4.69, 9.17) is 23.2 Å². The number of rotatable bonds is 5. The number of hydrogen-bond acceptors (Lipinski definition) is 3. The van der Waals surface area contributed by atoms with E-state index in [1.54, 1.807) is 19.3 Å². The molecule has 1 aromatic carbocycles. The quantitative estimate of drug-likeness (QED) is 0.656. The minimum absolute atomic E-state index is 0.577. The molecule has 1 N–H and O–H groups in total. The molecule has 1 heterocycles. The van der Waals surface area contributed by atoms with Crippen molar-refractivity contribution in [3.8, 4) is 0 Å². The molecule has 0 aliphatic heterocycles. The smallest absolute Gasteiger partial charge is 0.0965 e. The second-order valence-electron chi connectivity index (χ2n) is 4.82. The van der Waals surface area contributed by atoms with E-state index in [-0.39, 0.29) is 0 Å². The zero-order chi connectivity index (χ0) is 16.1. The summed E-state index contributed by atoms with van der Waals surface area (Å²) in [6.07, 6.45) is 5.74. The molecule has 0 saturated heterocycles. The molecule has 4 nitrogen and oxygen atoms in total. The zero-order valence-corrected chi connectivity index (χ0v) is 14.3. The number of allylic oxidation sites excluding steroid dienone is 2. The van der Waals surface area contributed by atoms with Crippen LogP contribution in [0.2, 0.25) is 10.0 Å². The Kier molecular flexibility index (Phi) is 5.63. The van der Waals surface area contributed by atoms with Crippen molar-refractivity contribution in [3.05, 3.63) is 57.3 Å². The van der Waals surface area contributed by atoms with Crippen molar-refractivity contribution in [2.75, 3.05) is 7.05 Å². The molecule has 0 unspecified atom stereocenters. The predicted molar refractivity (Wildman–Crippen MR) is 93.8 cm³/mol. The highest BCUT2D eigenvalue weighted by molar-refractivity contribution is 6.35. The third-order valence-electron chi connectivity index (χ3n) is 3.28. The van der Waals surface area contributed by atoms with Gasteiger partial charge in [-0.25, -0.2) is 0 Å². The third-order valence-corrected chi connectivity index (χ3v) is 3.86. The second kappa shape index (κ2) is 7.47. The third kappa shape index (κ3) is 3.90. The Balaban J connectivity index is 2.35. The van der Waals surface area contributed by atoms with Crippen LogP contribution >= 0.6 is 23.2 Å². The first-order valence-corrected chi connectivity index (χ1v) is 7.65. The molecule has 0 radical (unpaired) electrons. The molecule has 0 aliphatic rings. The van der Waals surface area contributed by atoms with Gasteiger partial charge < -0.3 is 5.43 Å². The lowest BCUT2D eigenvalue weighted by Crippen LogP contribution is -2.01. The highest BCUT2D eigenvalue weighted by Gasteiger charge is 2.10. The lowest BCUT2D eigenvalue weighted by Gasteiger charge is -2.05. The van der Waals surface area contributed by atoms with E-state index >= 15 is 0 Å². The average molecular weight is 337 g/mol. The van der Waals surface area contributed by atoms with Gasteiger partial charge in [0.15, 0.2) is 0 Å². The number of nitrogens with one attached hydrogen (secondary N) is 1. The van der Waals surface area contributed by atoms with Crippen LogP contribution in [0.4, 0.5) is 0 Å². The number of aromatic nitrogens is 2. The van der Waals surface area contributed by atoms with E-state index in [0.717, 1.165) is 22.4 Å². The molecule has 0 amide bonds. The van der Waals surface area contributed by atoms with Gasteiger partial charge in [-0.1, -0.05) is 35.3 Å². The normalized spacial score (nSPS) is 12.1. The summed E-state index contributed by atoms with van der Waals surface area (Å²) >= 11 is 12.2. The van der Waals surface area contributed by atoms with E-state index in [9.17, 15) is 0 Å². The van der Waals surface area contributed by atoms with Gasteiger partial charge in [0.25, 0.3) is 0 Å². The molecular formula is C16H18Cl2N4. The highest BCUT2D eigenvalue weighted by Crippen LogP contribution is 2.23. The van der Waals surface area contributed by atoms with Gasteiger partial charge in [0, 0.05) is 28.9 Å². The highest BCUT2D eigenvalue weighted by atomic mass is 35.5. The van der Waals surface area contributed by atoms with Gasteiger partial charge >= 0.3 is 0 Å². The van der Waals surface area contributed by atoms with Crippen molar-refractivity contribution < 1.29 is 0 Å². The molecule has 0 saturated carbocycles. The molecule has 22 heavy (non-hydrogen) atoms.